The largest absolute Gasteiger partial charge is 0.489 e. The lowest BCUT2D eigenvalue weighted by molar-refractivity contribution is -0.144. The van der Waals surface area contributed by atoms with E-state index in [1.54, 1.807) is 65.1 Å². The van der Waals surface area contributed by atoms with Crippen molar-refractivity contribution in [3.63, 3.8) is 0 Å². The number of alkyl halides is 1. The summed E-state index contributed by atoms with van der Waals surface area (Å²) in [5, 5.41) is 78.6. The maximum absolute atomic E-state index is 13.6. The SMILES string of the molecule is CCc1nc(-c2nnn(C)c2CNC(=O)OCc2ccccc2)ccc1O[C@H]1CCC[C@H](C(=O)O)C1.Cc1nc(-c2nnn(C)c2CC(=O)OCCC2CC2)ccc1O[C@H]1CCC[C@H](C(=O)O)C1.Cc1nc(-c2nnn(C)c2CNC(=O)OC2CCCC2)ccc1O[C@H]1CCCC(C(=O)O)C1.Cc1nc(-c2nnn(C)c2CNC(=O)OCC2CC2(C)F)ccc1O[C@H]1CCC[C@H](C(=O)O)C1. The summed E-state index contributed by atoms with van der Waals surface area (Å²) >= 11 is 0. The fourth-order valence-electron chi connectivity index (χ4n) is 17.4. The van der Waals surface area contributed by atoms with Gasteiger partial charge in [-0.05, 0) is 235 Å². The molecule has 0 spiro atoms. The first-order chi connectivity index (χ1) is 64.9. The highest BCUT2D eigenvalue weighted by atomic mass is 19.1. The van der Waals surface area contributed by atoms with Gasteiger partial charge in [0.15, 0.2) is 0 Å². The summed E-state index contributed by atoms with van der Waals surface area (Å²) in [6.07, 6.45) is 17.8. The number of carbonyl (C=O) groups is 8. The number of hydrogen-bond donors (Lipinski definition) is 7. The highest BCUT2D eigenvalue weighted by Gasteiger charge is 2.52. The summed E-state index contributed by atoms with van der Waals surface area (Å²) in [5.74, 6) is -1.80. The molecule has 16 rings (SSSR count). The van der Waals surface area contributed by atoms with Crippen LogP contribution in [0.15, 0.2) is 78.9 Å². The molecule has 7 saturated carbocycles. The van der Waals surface area contributed by atoms with Gasteiger partial charge in [-0.1, -0.05) is 71.0 Å². The smallest absolute Gasteiger partial charge is 0.407 e. The van der Waals surface area contributed by atoms with Gasteiger partial charge in [-0.3, -0.25) is 28.7 Å². The Hall–Kier alpha value is -13.3. The molecule has 7 N–H and O–H groups in total. The molecule has 0 radical (unpaired) electrons. The monoisotopic (exact) mass is 1870 g/mol. The topological polar surface area (TPSA) is 502 Å². The molecule has 9 aromatic rings. The zero-order valence-corrected chi connectivity index (χ0v) is 77.8. The van der Waals surface area contributed by atoms with Crippen molar-refractivity contribution in [3.8, 4) is 68.5 Å². The van der Waals surface area contributed by atoms with Crippen LogP contribution < -0.4 is 34.9 Å². The number of amides is 3. The molecule has 0 bridgehead atoms. The molecule has 7 aliphatic carbocycles. The molecular weight excluding hydrogens is 1750 g/mol. The first-order valence-electron chi connectivity index (χ1n) is 46.6. The van der Waals surface area contributed by atoms with Gasteiger partial charge in [0, 0.05) is 34.1 Å². The van der Waals surface area contributed by atoms with Gasteiger partial charge in [0.05, 0.1) is 156 Å². The number of nitrogens with one attached hydrogen (secondary N) is 3. The zero-order valence-electron chi connectivity index (χ0n) is 77.8. The van der Waals surface area contributed by atoms with Crippen LogP contribution in [-0.4, -0.2) is 198 Å². The Balaban J connectivity index is 0.000000153. The molecule has 0 aliphatic heterocycles. The molecule has 10 atom stereocenters. The number of aromatic nitrogens is 16. The maximum Gasteiger partial charge on any atom is 0.407 e. The van der Waals surface area contributed by atoms with Gasteiger partial charge in [-0.25, -0.2) is 52.8 Å². The molecule has 135 heavy (non-hydrogen) atoms. The van der Waals surface area contributed by atoms with Gasteiger partial charge < -0.3 is 74.3 Å². The second-order valence-corrected chi connectivity index (χ2v) is 36.0. The minimum atomic E-state index is -1.24. The number of aryl methyl sites for hydroxylation is 8. The number of carboxylic acids is 4. The van der Waals surface area contributed by atoms with Crippen LogP contribution in [0.5, 0.6) is 23.0 Å². The van der Waals surface area contributed by atoms with E-state index < -0.39 is 47.8 Å². The van der Waals surface area contributed by atoms with Crippen molar-refractivity contribution in [2.45, 2.75) is 264 Å². The van der Waals surface area contributed by atoms with E-state index in [2.05, 4.69) is 72.2 Å². The summed E-state index contributed by atoms with van der Waals surface area (Å²) in [6.45, 7) is 10.2. The lowest BCUT2D eigenvalue weighted by atomic mass is 9.87. The molecule has 39 nitrogen and oxygen atoms in total. The third kappa shape index (κ3) is 27.9. The molecule has 7 fully saturated rings. The number of benzene rings is 1. The second-order valence-electron chi connectivity index (χ2n) is 36.0. The average molecular weight is 1870 g/mol. The van der Waals surface area contributed by atoms with E-state index in [1.165, 1.54) is 19.8 Å². The Morgan fingerprint density at radius 3 is 1.16 bits per heavy atom. The zero-order chi connectivity index (χ0) is 96.0. The number of ether oxygens (including phenoxy) is 8. The van der Waals surface area contributed by atoms with E-state index in [0.717, 1.165) is 100 Å². The van der Waals surface area contributed by atoms with Gasteiger partial charge in [0.25, 0.3) is 0 Å². The van der Waals surface area contributed by atoms with E-state index in [4.69, 9.17) is 42.9 Å². The predicted molar refractivity (Wildman–Crippen MR) is 483 cm³/mol. The van der Waals surface area contributed by atoms with Crippen LogP contribution in [0, 0.1) is 56.3 Å². The number of rotatable bonds is 33. The van der Waals surface area contributed by atoms with Crippen LogP contribution in [0.25, 0.3) is 45.6 Å². The molecule has 724 valence electrons. The number of carboxylic acid groups (broad SMARTS) is 4. The lowest BCUT2D eigenvalue weighted by Gasteiger charge is -2.28. The number of carbonyl (C=O) groups excluding carboxylic acids is 4. The summed E-state index contributed by atoms with van der Waals surface area (Å²) < 4.78 is 65.6. The molecule has 3 amide bonds. The fourth-order valence-corrected chi connectivity index (χ4v) is 17.4. The summed E-state index contributed by atoms with van der Waals surface area (Å²) in [4.78, 5) is 113. The standard InChI is InChI=1S/C26H31N5O5.C23H30FN5O5.C23H31N5O5.C23H30N4O5/c1-3-20-23(36-19-11-7-10-18(14-19)25(32)33)13-12-21(28-20)24-22(31(2)30-29-24)15-27-26(34)35-16-17-8-5-4-6-9-17;1-13-19(34-16-6-4-5-14(9-16)21(30)31)8-7-17(26-13)20-18(29(3)28-27-20)11-25-22(32)33-12-15-10-23(15,2)24;1-14-20(32-17-9-5-6-15(12-17)22(29)30)11-10-18(25-14)21-19(28(2)27-26-21)13-24-23(31)33-16-7-3-4-8-16;1-14-20(32-17-5-3-4-16(12-17)23(29)30)9-8-18(24-14)22-19(27(2)26-25-22)13-21(28)31-11-10-15-6-7-15/h4-6,8-9,12-13,18-19H,3,7,10-11,14-16H2,1-2H3,(H,27,34)(H,32,33);7-8,14-16H,4-6,9-12H2,1-3H3,(H,25,32)(H,30,31);10-11,15-17H,3-9,12-13H2,1-2H3,(H,24,31)(H,29,30);8-9,15-17H,3-7,10-13H2,1-2H3,(H,29,30)/t18-,19-;14-,15?,16-,23?;15?,17-;16-,17-/m0000/s1. The first-order valence-corrected chi connectivity index (χ1v) is 46.6. The van der Waals surface area contributed by atoms with Gasteiger partial charge in [0.1, 0.15) is 64.2 Å². The van der Waals surface area contributed by atoms with E-state index in [0.29, 0.717) is 179 Å². The van der Waals surface area contributed by atoms with E-state index >= 15 is 0 Å². The average Bonchev–Trinajstić information content (AvgIpc) is 1.64. The van der Waals surface area contributed by atoms with Crippen molar-refractivity contribution in [2.75, 3.05) is 13.2 Å². The third-order valence-corrected chi connectivity index (χ3v) is 25.7. The lowest BCUT2D eigenvalue weighted by Crippen LogP contribution is -2.29. The Bertz CT molecular complexity index is 5600. The number of esters is 1. The molecule has 3 unspecified atom stereocenters. The van der Waals surface area contributed by atoms with Crippen LogP contribution in [0.2, 0.25) is 0 Å². The van der Waals surface area contributed by atoms with Crippen LogP contribution in [0.1, 0.15) is 219 Å². The van der Waals surface area contributed by atoms with Crippen molar-refractivity contribution in [1.29, 1.82) is 0 Å². The van der Waals surface area contributed by atoms with Gasteiger partial charge in [-0.2, -0.15) is 0 Å². The van der Waals surface area contributed by atoms with Crippen molar-refractivity contribution >= 4 is 48.1 Å². The molecule has 7 aliphatic rings. The van der Waals surface area contributed by atoms with Gasteiger partial charge >= 0.3 is 48.1 Å². The van der Waals surface area contributed by atoms with Crippen molar-refractivity contribution in [1.82, 2.24) is 95.9 Å². The Morgan fingerprint density at radius 2 is 0.785 bits per heavy atom. The molecule has 40 heteroatoms. The molecule has 8 heterocycles. The van der Waals surface area contributed by atoms with Crippen molar-refractivity contribution in [2.24, 2.45) is 63.7 Å². The van der Waals surface area contributed by atoms with Crippen molar-refractivity contribution in [3.05, 3.63) is 130 Å². The van der Waals surface area contributed by atoms with Crippen LogP contribution in [-0.2, 0) is 110 Å². The predicted octanol–water partition coefficient (Wildman–Crippen LogP) is 13.5. The fraction of sp³-hybridized carbons (Fsp3) is 0.558. The van der Waals surface area contributed by atoms with E-state index in [-0.39, 0.29) is 105 Å². The minimum Gasteiger partial charge on any atom is -0.489 e. The summed E-state index contributed by atoms with van der Waals surface area (Å²) in [7, 11) is 6.98. The Kier molecular flexibility index (Phi) is 34.2. The Morgan fingerprint density at radius 1 is 0.430 bits per heavy atom. The number of alkyl carbamates (subject to hydrolysis) is 3. The molecule has 8 aromatic heterocycles. The quantitative estimate of drug-likeness (QED) is 0.0148. The highest BCUT2D eigenvalue weighted by Crippen LogP contribution is 2.47. The maximum atomic E-state index is 13.6. The summed E-state index contributed by atoms with van der Waals surface area (Å²) in [5.41, 5.74) is 9.76. The van der Waals surface area contributed by atoms with E-state index in [1.807, 2.05) is 88.4 Å². The van der Waals surface area contributed by atoms with Gasteiger partial charge in [-0.15, -0.1) is 20.4 Å². The number of pyridine rings is 4. The van der Waals surface area contributed by atoms with Crippen LogP contribution in [0.4, 0.5) is 18.8 Å². The van der Waals surface area contributed by atoms with E-state index in [9.17, 15) is 63.2 Å². The molecule has 0 saturated heterocycles. The Labute approximate surface area is 780 Å². The van der Waals surface area contributed by atoms with Crippen molar-refractivity contribution < 1.29 is 101 Å². The number of aliphatic carboxylic acids is 4. The number of hydrogen-bond acceptors (Lipinski definition) is 28. The molecular formula is C95H122FN19O20. The van der Waals surface area contributed by atoms with Gasteiger partial charge in [0.2, 0.25) is 0 Å². The number of nitrogens with zero attached hydrogens (tertiary/aromatic N) is 16. The number of halogens is 1. The van der Waals surface area contributed by atoms with Crippen LogP contribution >= 0.6 is 0 Å². The molecule has 1 aromatic carbocycles. The third-order valence-electron chi connectivity index (χ3n) is 25.7. The van der Waals surface area contributed by atoms with Crippen LogP contribution in [0.3, 0.4) is 0 Å². The first kappa shape index (κ1) is 99.2. The highest BCUT2D eigenvalue weighted by molar-refractivity contribution is 5.76. The summed E-state index contributed by atoms with van der Waals surface area (Å²) in [6, 6.07) is 24.0. The minimum absolute atomic E-state index is 0.000866. The second kappa shape index (κ2) is 46.6. The normalized spacial score (nSPS) is 21.2.